The van der Waals surface area contributed by atoms with Gasteiger partial charge in [0.25, 0.3) is 21.8 Å². The molecule has 27 heavy (non-hydrogen) atoms. The molecule has 0 bridgehead atoms. The van der Waals surface area contributed by atoms with Crippen LogP contribution in [-0.4, -0.2) is 62.2 Å². The van der Waals surface area contributed by atoms with Gasteiger partial charge in [0.2, 0.25) is 0 Å². The normalized spacial score (nSPS) is 19.0. The van der Waals surface area contributed by atoms with Gasteiger partial charge < -0.3 is 10.2 Å². The Labute approximate surface area is 166 Å². The predicted molar refractivity (Wildman–Crippen MR) is 105 cm³/mol. The Morgan fingerprint density at radius 3 is 2.48 bits per heavy atom. The van der Waals surface area contributed by atoms with Gasteiger partial charge in [-0.25, -0.2) is 12.7 Å². The summed E-state index contributed by atoms with van der Waals surface area (Å²) in [5, 5.41) is 3.34. The zero-order valence-corrected chi connectivity index (χ0v) is 17.2. The van der Waals surface area contributed by atoms with Crippen LogP contribution in [0.15, 0.2) is 23.1 Å². The SMILES string of the molecule is CCNCC1CCN(C(=O)c2ccc3c(c2)S(=O)(=O)N(CC)C3=O)CC1.Cl. The third kappa shape index (κ3) is 3.97. The van der Waals surface area contributed by atoms with Crippen LogP contribution in [0, 0.1) is 5.92 Å². The van der Waals surface area contributed by atoms with Gasteiger partial charge in [0.05, 0.1) is 5.56 Å². The van der Waals surface area contributed by atoms with Crippen molar-refractivity contribution in [2.45, 2.75) is 31.6 Å². The van der Waals surface area contributed by atoms with Crippen LogP contribution < -0.4 is 5.32 Å². The summed E-state index contributed by atoms with van der Waals surface area (Å²) in [7, 11) is -3.85. The second-order valence-corrected chi connectivity index (χ2v) is 8.56. The Morgan fingerprint density at radius 2 is 1.89 bits per heavy atom. The Bertz CT molecular complexity index is 820. The first-order chi connectivity index (χ1) is 12.4. The lowest BCUT2D eigenvalue weighted by Gasteiger charge is -2.32. The number of nitrogens with one attached hydrogen (secondary N) is 1. The van der Waals surface area contributed by atoms with Crippen LogP contribution in [0.3, 0.4) is 0 Å². The van der Waals surface area contributed by atoms with Gasteiger partial charge in [-0.2, -0.15) is 0 Å². The second-order valence-electron chi connectivity index (χ2n) is 6.73. The largest absolute Gasteiger partial charge is 0.339 e. The fourth-order valence-corrected chi connectivity index (χ4v) is 5.20. The number of carbonyl (C=O) groups is 2. The predicted octanol–water partition coefficient (Wildman–Crippen LogP) is 1.73. The molecule has 1 aromatic rings. The maximum Gasteiger partial charge on any atom is 0.268 e. The van der Waals surface area contributed by atoms with E-state index in [1.807, 2.05) is 0 Å². The van der Waals surface area contributed by atoms with E-state index >= 15 is 0 Å². The van der Waals surface area contributed by atoms with Crippen molar-refractivity contribution < 1.29 is 18.0 Å². The van der Waals surface area contributed by atoms with E-state index < -0.39 is 15.9 Å². The highest BCUT2D eigenvalue weighted by Crippen LogP contribution is 2.31. The maximum absolute atomic E-state index is 12.8. The lowest BCUT2D eigenvalue weighted by atomic mass is 9.96. The van der Waals surface area contributed by atoms with E-state index in [1.54, 1.807) is 17.9 Å². The van der Waals surface area contributed by atoms with E-state index in [2.05, 4.69) is 12.2 Å². The standard InChI is InChI=1S/C18H25N3O4S.ClH/c1-3-19-12-13-7-9-20(10-8-13)17(22)14-5-6-15-16(11-14)26(24,25)21(4-2)18(15)23;/h5-6,11,13,19H,3-4,7-10,12H2,1-2H3;1H. The molecule has 0 aliphatic carbocycles. The summed E-state index contributed by atoms with van der Waals surface area (Å²) in [4.78, 5) is 26.7. The van der Waals surface area contributed by atoms with Crippen molar-refractivity contribution in [2.24, 2.45) is 5.92 Å². The molecule has 0 spiro atoms. The van der Waals surface area contributed by atoms with Crippen LogP contribution in [-0.2, 0) is 10.0 Å². The van der Waals surface area contributed by atoms with Crippen molar-refractivity contribution in [3.8, 4) is 0 Å². The smallest absolute Gasteiger partial charge is 0.268 e. The highest BCUT2D eigenvalue weighted by molar-refractivity contribution is 7.90. The number of hydrogen-bond donors (Lipinski definition) is 1. The number of hydrogen-bond acceptors (Lipinski definition) is 5. The van der Waals surface area contributed by atoms with Gasteiger partial charge in [-0.05, 0) is 57.0 Å². The minimum atomic E-state index is -3.85. The molecular weight excluding hydrogens is 390 g/mol. The van der Waals surface area contributed by atoms with E-state index in [1.165, 1.54) is 12.1 Å². The first-order valence-corrected chi connectivity index (χ1v) is 10.5. The van der Waals surface area contributed by atoms with Crippen LogP contribution in [0.5, 0.6) is 0 Å². The average Bonchev–Trinajstić information content (AvgIpc) is 2.84. The van der Waals surface area contributed by atoms with E-state index in [0.717, 1.165) is 30.2 Å². The zero-order chi connectivity index (χ0) is 18.9. The summed E-state index contributed by atoms with van der Waals surface area (Å²) < 4.78 is 25.8. The number of sulfonamides is 1. The van der Waals surface area contributed by atoms with Gasteiger partial charge in [-0.1, -0.05) is 6.92 Å². The number of likely N-dealkylation sites (tertiary alicyclic amines) is 1. The van der Waals surface area contributed by atoms with Crippen molar-refractivity contribution >= 4 is 34.2 Å². The topological polar surface area (TPSA) is 86.8 Å². The Hall–Kier alpha value is -1.64. The molecule has 0 saturated carbocycles. The molecule has 2 aliphatic rings. The Morgan fingerprint density at radius 1 is 1.22 bits per heavy atom. The van der Waals surface area contributed by atoms with Crippen molar-refractivity contribution in [3.05, 3.63) is 29.3 Å². The van der Waals surface area contributed by atoms with Crippen LogP contribution >= 0.6 is 12.4 Å². The van der Waals surface area contributed by atoms with E-state index in [-0.39, 0.29) is 35.3 Å². The number of nitrogens with zero attached hydrogens (tertiary/aromatic N) is 2. The lowest BCUT2D eigenvalue weighted by Crippen LogP contribution is -2.40. The van der Waals surface area contributed by atoms with Crippen molar-refractivity contribution in [3.63, 3.8) is 0 Å². The van der Waals surface area contributed by atoms with Crippen molar-refractivity contribution in [2.75, 3.05) is 32.7 Å². The molecule has 0 unspecified atom stereocenters. The van der Waals surface area contributed by atoms with Gasteiger partial charge in [0.15, 0.2) is 0 Å². The summed E-state index contributed by atoms with van der Waals surface area (Å²) in [5.41, 5.74) is 0.468. The second kappa shape index (κ2) is 8.58. The van der Waals surface area contributed by atoms with E-state index in [0.29, 0.717) is 24.6 Å². The van der Waals surface area contributed by atoms with Gasteiger partial charge in [-0.3, -0.25) is 9.59 Å². The summed E-state index contributed by atoms with van der Waals surface area (Å²) in [6.07, 6.45) is 1.87. The maximum atomic E-state index is 12.8. The van der Waals surface area contributed by atoms with Gasteiger partial charge >= 0.3 is 0 Å². The lowest BCUT2D eigenvalue weighted by molar-refractivity contribution is 0.0689. The van der Waals surface area contributed by atoms with Gasteiger partial charge in [0.1, 0.15) is 4.90 Å². The Kier molecular flexibility index (Phi) is 6.88. The third-order valence-electron chi connectivity index (χ3n) is 5.13. The zero-order valence-electron chi connectivity index (χ0n) is 15.6. The monoisotopic (exact) mass is 415 g/mol. The summed E-state index contributed by atoms with van der Waals surface area (Å²) >= 11 is 0. The van der Waals surface area contributed by atoms with E-state index in [4.69, 9.17) is 0 Å². The number of halogens is 1. The average molecular weight is 416 g/mol. The minimum Gasteiger partial charge on any atom is -0.339 e. The number of amides is 2. The molecule has 3 rings (SSSR count). The Balaban J connectivity index is 0.00000261. The molecule has 2 amide bonds. The molecule has 2 heterocycles. The summed E-state index contributed by atoms with van der Waals surface area (Å²) in [6.45, 7) is 7.01. The molecule has 9 heteroatoms. The minimum absolute atomic E-state index is 0. The fraction of sp³-hybridized carbons (Fsp3) is 0.556. The molecule has 1 aromatic carbocycles. The van der Waals surface area contributed by atoms with Crippen LogP contribution in [0.4, 0.5) is 0 Å². The first kappa shape index (κ1) is 21.7. The number of fused-ring (bicyclic) bond motifs is 1. The summed E-state index contributed by atoms with van der Waals surface area (Å²) in [5.74, 6) is -0.131. The number of piperidine rings is 1. The highest BCUT2D eigenvalue weighted by atomic mass is 35.5. The highest BCUT2D eigenvalue weighted by Gasteiger charge is 2.40. The molecule has 1 fully saturated rings. The van der Waals surface area contributed by atoms with Gasteiger partial charge in [0, 0.05) is 25.2 Å². The molecule has 0 atom stereocenters. The third-order valence-corrected chi connectivity index (χ3v) is 7.02. The molecular formula is C18H26ClN3O4S. The summed E-state index contributed by atoms with van der Waals surface area (Å²) in [6, 6.07) is 4.36. The molecule has 0 aromatic heterocycles. The van der Waals surface area contributed by atoms with Crippen LogP contribution in [0.25, 0.3) is 0 Å². The molecule has 1 N–H and O–H groups in total. The number of rotatable bonds is 5. The van der Waals surface area contributed by atoms with Gasteiger partial charge in [-0.15, -0.1) is 12.4 Å². The van der Waals surface area contributed by atoms with Crippen molar-refractivity contribution in [1.82, 2.24) is 14.5 Å². The molecule has 2 aliphatic heterocycles. The molecule has 1 saturated heterocycles. The molecule has 7 nitrogen and oxygen atoms in total. The molecule has 150 valence electrons. The number of benzene rings is 1. The fourth-order valence-electron chi connectivity index (χ4n) is 3.59. The molecule has 0 radical (unpaired) electrons. The quantitative estimate of drug-likeness (QED) is 0.791. The van der Waals surface area contributed by atoms with Crippen LogP contribution in [0.1, 0.15) is 47.4 Å². The van der Waals surface area contributed by atoms with Crippen LogP contribution in [0.2, 0.25) is 0 Å². The number of carbonyl (C=O) groups excluding carboxylic acids is 2. The van der Waals surface area contributed by atoms with Crippen molar-refractivity contribution in [1.29, 1.82) is 0 Å². The first-order valence-electron chi connectivity index (χ1n) is 9.11. The van der Waals surface area contributed by atoms with E-state index in [9.17, 15) is 18.0 Å².